The average Bonchev–Trinajstić information content (AvgIpc) is 2.68. The molecule has 0 N–H and O–H groups in total. The zero-order valence-corrected chi connectivity index (χ0v) is 25.0. The Balaban J connectivity index is 2.60. The van der Waals surface area contributed by atoms with Crippen molar-refractivity contribution >= 4 is 37.2 Å². The highest BCUT2D eigenvalue weighted by Gasteiger charge is 2.39. The maximum atomic E-state index is 12.2. The van der Waals surface area contributed by atoms with Crippen LogP contribution in [-0.4, -0.2) is 59.1 Å². The molecule has 188 valence electrons. The van der Waals surface area contributed by atoms with Crippen molar-refractivity contribution in [2.24, 2.45) is 0 Å². The van der Waals surface area contributed by atoms with E-state index >= 15 is 0 Å². The molecule has 1 rings (SSSR count). The van der Waals surface area contributed by atoms with Crippen molar-refractivity contribution in [2.75, 3.05) is 27.9 Å². The lowest BCUT2D eigenvalue weighted by Gasteiger charge is -2.38. The number of carbonyl (C=O) groups is 1. The maximum Gasteiger partial charge on any atom is 0.330 e. The number of methoxy groups -OCH3 is 3. The van der Waals surface area contributed by atoms with Gasteiger partial charge < -0.3 is 27.2 Å². The number of esters is 1. The van der Waals surface area contributed by atoms with Gasteiger partial charge in [0.15, 0.2) is 28.1 Å². The molecule has 0 aliphatic rings. The quantitative estimate of drug-likeness (QED) is 0.134. The molecule has 1 aromatic carbocycles. The van der Waals surface area contributed by atoms with Gasteiger partial charge in [-0.15, -0.1) is 0 Å². The van der Waals surface area contributed by atoms with E-state index in [0.29, 0.717) is 23.9 Å². The molecule has 7 nitrogen and oxygen atoms in total. The van der Waals surface area contributed by atoms with E-state index < -0.39 is 25.2 Å². The third kappa shape index (κ3) is 11.4. The summed E-state index contributed by atoms with van der Waals surface area (Å²) in [5.74, 6) is 1.17. The monoisotopic (exact) mass is 514 g/mol. The number of hydrogen-bond donors (Lipinski definition) is 0. The molecule has 0 heterocycles. The van der Waals surface area contributed by atoms with Gasteiger partial charge in [-0.25, -0.2) is 4.79 Å². The fourth-order valence-corrected chi connectivity index (χ4v) is 16.2. The minimum absolute atomic E-state index is 0.364. The SMILES string of the molecule is COc1cc(C=CC(=O)OCCCC[Si](C)(O[Si](C)(C)C)O[Si](C)(C)C)cc(OC)c1OC. The number of rotatable bonds is 14. The van der Waals surface area contributed by atoms with Crippen LogP contribution in [-0.2, 0) is 17.8 Å². The van der Waals surface area contributed by atoms with E-state index in [1.54, 1.807) is 39.5 Å². The molecule has 0 radical (unpaired) electrons. The summed E-state index contributed by atoms with van der Waals surface area (Å²) in [5.41, 5.74) is 0.746. The predicted molar refractivity (Wildman–Crippen MR) is 141 cm³/mol. The van der Waals surface area contributed by atoms with Gasteiger partial charge in [-0.1, -0.05) is 0 Å². The van der Waals surface area contributed by atoms with Gasteiger partial charge in [0.25, 0.3) is 0 Å². The van der Waals surface area contributed by atoms with Gasteiger partial charge in [-0.2, -0.15) is 0 Å². The van der Waals surface area contributed by atoms with Crippen LogP contribution >= 0.6 is 0 Å². The number of benzene rings is 1. The largest absolute Gasteiger partial charge is 0.493 e. The number of hydrogen-bond acceptors (Lipinski definition) is 7. The molecule has 0 amide bonds. The number of carbonyl (C=O) groups excluding carboxylic acids is 1. The highest BCUT2D eigenvalue weighted by Crippen LogP contribution is 2.38. The second-order valence-corrected chi connectivity index (χ2v) is 22.8. The van der Waals surface area contributed by atoms with Crippen molar-refractivity contribution in [1.82, 2.24) is 0 Å². The third-order valence-electron chi connectivity index (χ3n) is 4.41. The molecular weight excluding hydrogens is 473 g/mol. The highest BCUT2D eigenvalue weighted by atomic mass is 28.5. The van der Waals surface area contributed by atoms with E-state index in [9.17, 15) is 4.79 Å². The molecule has 0 spiro atoms. The Bertz CT molecular complexity index is 757. The summed E-state index contributed by atoms with van der Waals surface area (Å²) in [6.07, 6.45) is 4.75. The third-order valence-corrected chi connectivity index (χ3v) is 14.0. The first kappa shape index (κ1) is 29.4. The van der Waals surface area contributed by atoms with Crippen LogP contribution in [0.4, 0.5) is 0 Å². The van der Waals surface area contributed by atoms with E-state index in [1.807, 2.05) is 0 Å². The van der Waals surface area contributed by atoms with Crippen LogP contribution in [0.25, 0.3) is 6.08 Å². The minimum atomic E-state index is -2.25. The molecule has 0 aliphatic carbocycles. The predicted octanol–water partition coefficient (Wildman–Crippen LogP) is 5.82. The van der Waals surface area contributed by atoms with Gasteiger partial charge >= 0.3 is 14.5 Å². The molecule has 0 aliphatic heterocycles. The standard InChI is InChI=1S/C23H42O7Si3/c1-25-20-17-19(18-21(26-2)23(20)27-3)13-14-22(24)28-15-11-12-16-33(10,29-31(4,5)6)30-32(7,8)9/h13-14,17-18H,11-12,15-16H2,1-10H3. The van der Waals surface area contributed by atoms with Gasteiger partial charge in [0.1, 0.15) is 0 Å². The molecule has 0 aromatic heterocycles. The average molecular weight is 515 g/mol. The van der Waals surface area contributed by atoms with Gasteiger partial charge in [0.05, 0.1) is 27.9 Å². The van der Waals surface area contributed by atoms with E-state index in [1.165, 1.54) is 6.08 Å². The zero-order valence-electron chi connectivity index (χ0n) is 22.0. The first-order valence-electron chi connectivity index (χ1n) is 11.3. The smallest absolute Gasteiger partial charge is 0.330 e. The van der Waals surface area contributed by atoms with Crippen molar-refractivity contribution in [3.8, 4) is 17.2 Å². The molecule has 10 heteroatoms. The Kier molecular flexibility index (Phi) is 11.4. The van der Waals surface area contributed by atoms with Crippen LogP contribution in [0.2, 0.25) is 51.9 Å². The Hall–Kier alpha value is -1.60. The van der Waals surface area contributed by atoms with Crippen LogP contribution in [0.5, 0.6) is 17.2 Å². The number of ether oxygens (including phenoxy) is 4. The Morgan fingerprint density at radius 2 is 1.33 bits per heavy atom. The van der Waals surface area contributed by atoms with Crippen molar-refractivity contribution < 1.29 is 32.0 Å². The minimum Gasteiger partial charge on any atom is -0.493 e. The lowest BCUT2D eigenvalue weighted by molar-refractivity contribution is -0.137. The Morgan fingerprint density at radius 1 is 0.818 bits per heavy atom. The normalized spacial score (nSPS) is 12.7. The van der Waals surface area contributed by atoms with Crippen molar-refractivity contribution in [3.63, 3.8) is 0 Å². The topological polar surface area (TPSA) is 72.5 Å². The fourth-order valence-electron chi connectivity index (χ4n) is 3.55. The summed E-state index contributed by atoms with van der Waals surface area (Å²) in [5, 5.41) is 0. The summed E-state index contributed by atoms with van der Waals surface area (Å²) in [7, 11) is -1.00. The van der Waals surface area contributed by atoms with Gasteiger partial charge in [0.2, 0.25) is 5.75 Å². The first-order chi connectivity index (χ1) is 15.2. The van der Waals surface area contributed by atoms with Crippen molar-refractivity contribution in [3.05, 3.63) is 23.8 Å². The lowest BCUT2D eigenvalue weighted by atomic mass is 10.1. The van der Waals surface area contributed by atoms with Crippen molar-refractivity contribution in [2.45, 2.75) is 64.7 Å². The molecule has 0 bridgehead atoms. The fraction of sp³-hybridized carbons (Fsp3) is 0.609. The highest BCUT2D eigenvalue weighted by molar-refractivity contribution is 6.87. The molecule has 0 saturated carbocycles. The van der Waals surface area contributed by atoms with Crippen LogP contribution in [0, 0.1) is 0 Å². The van der Waals surface area contributed by atoms with E-state index in [4.69, 9.17) is 27.2 Å². The summed E-state index contributed by atoms with van der Waals surface area (Å²) in [6.45, 7) is 15.8. The first-order valence-corrected chi connectivity index (χ1v) is 20.6. The molecule has 0 unspecified atom stereocenters. The second-order valence-electron chi connectivity index (χ2n) is 9.98. The molecular formula is C23H42O7Si3. The second kappa shape index (κ2) is 12.7. The van der Waals surface area contributed by atoms with E-state index in [-0.39, 0.29) is 5.97 Å². The molecule has 0 atom stereocenters. The van der Waals surface area contributed by atoms with Crippen LogP contribution in [0.15, 0.2) is 18.2 Å². The number of unbranched alkanes of at least 4 members (excludes halogenated alkanes) is 1. The zero-order chi connectivity index (χ0) is 25.3. The van der Waals surface area contributed by atoms with Crippen LogP contribution < -0.4 is 14.2 Å². The van der Waals surface area contributed by atoms with Gasteiger partial charge in [0, 0.05) is 6.08 Å². The summed E-state index contributed by atoms with van der Waals surface area (Å²) in [4.78, 5) is 12.2. The molecule has 33 heavy (non-hydrogen) atoms. The van der Waals surface area contributed by atoms with Crippen LogP contribution in [0.3, 0.4) is 0 Å². The van der Waals surface area contributed by atoms with E-state index in [2.05, 4.69) is 45.8 Å². The summed E-state index contributed by atoms with van der Waals surface area (Å²) in [6, 6.07) is 4.45. The van der Waals surface area contributed by atoms with Gasteiger partial charge in [-0.05, 0) is 88.5 Å². The molecule has 1 aromatic rings. The van der Waals surface area contributed by atoms with Crippen LogP contribution in [0.1, 0.15) is 18.4 Å². The molecule has 0 fully saturated rings. The Morgan fingerprint density at radius 3 is 1.76 bits per heavy atom. The van der Waals surface area contributed by atoms with E-state index in [0.717, 1.165) is 24.4 Å². The van der Waals surface area contributed by atoms with Crippen molar-refractivity contribution in [1.29, 1.82) is 0 Å². The lowest BCUT2D eigenvalue weighted by Crippen LogP contribution is -2.52. The van der Waals surface area contributed by atoms with Gasteiger partial charge in [-0.3, -0.25) is 0 Å². The summed E-state index contributed by atoms with van der Waals surface area (Å²) >= 11 is 0. The molecule has 0 saturated heterocycles. The Labute approximate surface area is 202 Å². The summed E-state index contributed by atoms with van der Waals surface area (Å²) < 4.78 is 34.4. The maximum absolute atomic E-state index is 12.2.